The summed E-state index contributed by atoms with van der Waals surface area (Å²) >= 11 is 0. The van der Waals surface area contributed by atoms with Crippen LogP contribution in [0.2, 0.25) is 0 Å². The summed E-state index contributed by atoms with van der Waals surface area (Å²) in [5.41, 5.74) is 6.13. The molecule has 0 aromatic carbocycles. The number of rotatable bonds is 5. The van der Waals surface area contributed by atoms with E-state index in [0.29, 0.717) is 5.92 Å². The van der Waals surface area contributed by atoms with E-state index in [1.807, 2.05) is 6.92 Å². The van der Waals surface area contributed by atoms with E-state index in [9.17, 15) is 4.79 Å². The van der Waals surface area contributed by atoms with E-state index in [2.05, 4.69) is 0 Å². The van der Waals surface area contributed by atoms with Gasteiger partial charge in [0.05, 0.1) is 0 Å². The molecule has 1 aliphatic carbocycles. The first-order chi connectivity index (χ1) is 7.09. The van der Waals surface area contributed by atoms with Crippen LogP contribution in [-0.2, 0) is 4.79 Å². The van der Waals surface area contributed by atoms with Crippen molar-refractivity contribution in [3.05, 3.63) is 0 Å². The summed E-state index contributed by atoms with van der Waals surface area (Å²) in [6.07, 6.45) is 7.52. The molecule has 0 unspecified atom stereocenters. The Morgan fingerprint density at radius 1 is 1.40 bits per heavy atom. The molecule has 0 aliphatic heterocycles. The minimum absolute atomic E-state index is 0.208. The van der Waals surface area contributed by atoms with Crippen LogP contribution >= 0.6 is 0 Å². The highest BCUT2D eigenvalue weighted by Crippen LogP contribution is 2.28. The number of carbonyl (C=O) groups is 1. The first-order valence-electron chi connectivity index (χ1n) is 6.07. The Hall–Kier alpha value is -0.570. The third kappa shape index (κ3) is 4.65. The second kappa shape index (κ2) is 6.11. The molecule has 88 valence electrons. The van der Waals surface area contributed by atoms with E-state index in [1.165, 1.54) is 32.1 Å². The molecule has 1 rings (SSSR count). The normalized spacial score (nSPS) is 22.3. The van der Waals surface area contributed by atoms with Gasteiger partial charge in [-0.2, -0.15) is 0 Å². The summed E-state index contributed by atoms with van der Waals surface area (Å²) in [6.45, 7) is 1.98. The van der Waals surface area contributed by atoms with Crippen LogP contribution in [0.4, 0.5) is 0 Å². The molecular formula is C12H23NO2. The minimum atomic E-state index is -0.710. The maximum Gasteiger partial charge on any atom is 0.303 e. The van der Waals surface area contributed by atoms with Crippen LogP contribution in [0.5, 0.6) is 0 Å². The van der Waals surface area contributed by atoms with Crippen molar-refractivity contribution < 1.29 is 9.90 Å². The Balaban J connectivity index is 2.26. The van der Waals surface area contributed by atoms with Gasteiger partial charge in [0, 0.05) is 12.5 Å². The Morgan fingerprint density at radius 2 is 2.00 bits per heavy atom. The van der Waals surface area contributed by atoms with Crippen molar-refractivity contribution in [1.29, 1.82) is 0 Å². The van der Waals surface area contributed by atoms with Crippen molar-refractivity contribution in [2.24, 2.45) is 17.6 Å². The largest absolute Gasteiger partial charge is 0.481 e. The standard InChI is InChI=1S/C12H23NO2/c1-9(8-12(14)15)7-11(13)10-5-3-2-4-6-10/h9-11H,2-8,13H2,1H3,(H,14,15)/t9-,11+/m1/s1. The molecule has 3 heteroatoms. The molecule has 1 fully saturated rings. The molecule has 0 amide bonds. The van der Waals surface area contributed by atoms with E-state index in [1.54, 1.807) is 0 Å². The van der Waals surface area contributed by atoms with Gasteiger partial charge in [0.25, 0.3) is 0 Å². The molecule has 0 aromatic rings. The van der Waals surface area contributed by atoms with Gasteiger partial charge >= 0.3 is 5.97 Å². The van der Waals surface area contributed by atoms with E-state index in [0.717, 1.165) is 6.42 Å². The highest BCUT2D eigenvalue weighted by Gasteiger charge is 2.22. The lowest BCUT2D eigenvalue weighted by Crippen LogP contribution is -2.33. The molecule has 2 atom stereocenters. The molecular weight excluding hydrogens is 190 g/mol. The van der Waals surface area contributed by atoms with Crippen molar-refractivity contribution >= 4 is 5.97 Å². The first kappa shape index (κ1) is 12.5. The fourth-order valence-corrected chi connectivity index (χ4v) is 2.60. The van der Waals surface area contributed by atoms with Gasteiger partial charge in [0.15, 0.2) is 0 Å². The maximum absolute atomic E-state index is 10.5. The summed E-state index contributed by atoms with van der Waals surface area (Å²) in [6, 6.07) is 0.208. The molecule has 0 bridgehead atoms. The second-order valence-electron chi connectivity index (χ2n) is 5.00. The van der Waals surface area contributed by atoms with Crippen LogP contribution in [-0.4, -0.2) is 17.1 Å². The predicted octanol–water partition coefficient (Wildman–Crippen LogP) is 2.39. The van der Waals surface area contributed by atoms with Crippen LogP contribution in [0.1, 0.15) is 51.9 Å². The number of carboxylic acids is 1. The Labute approximate surface area is 92.0 Å². The zero-order valence-corrected chi connectivity index (χ0v) is 9.61. The van der Waals surface area contributed by atoms with Gasteiger partial charge in [-0.15, -0.1) is 0 Å². The molecule has 3 nitrogen and oxygen atoms in total. The average molecular weight is 213 g/mol. The highest BCUT2D eigenvalue weighted by molar-refractivity contribution is 5.66. The van der Waals surface area contributed by atoms with Gasteiger partial charge < -0.3 is 10.8 Å². The average Bonchev–Trinajstić information content (AvgIpc) is 2.17. The van der Waals surface area contributed by atoms with Crippen molar-refractivity contribution in [3.63, 3.8) is 0 Å². The Morgan fingerprint density at radius 3 is 2.53 bits per heavy atom. The van der Waals surface area contributed by atoms with Crippen LogP contribution < -0.4 is 5.73 Å². The molecule has 1 aliphatic rings. The van der Waals surface area contributed by atoms with Crippen molar-refractivity contribution in [1.82, 2.24) is 0 Å². The summed E-state index contributed by atoms with van der Waals surface area (Å²) in [5.74, 6) is 0.132. The Kier molecular flexibility index (Phi) is 5.09. The predicted molar refractivity (Wildman–Crippen MR) is 60.6 cm³/mol. The van der Waals surface area contributed by atoms with E-state index in [-0.39, 0.29) is 18.4 Å². The van der Waals surface area contributed by atoms with Crippen molar-refractivity contribution in [2.45, 2.75) is 57.9 Å². The maximum atomic E-state index is 10.5. The third-order valence-electron chi connectivity index (χ3n) is 3.45. The zero-order valence-electron chi connectivity index (χ0n) is 9.61. The van der Waals surface area contributed by atoms with Crippen molar-refractivity contribution in [3.8, 4) is 0 Å². The van der Waals surface area contributed by atoms with Crippen molar-refractivity contribution in [2.75, 3.05) is 0 Å². The first-order valence-corrected chi connectivity index (χ1v) is 6.07. The van der Waals surface area contributed by atoms with Crippen LogP contribution in [0.25, 0.3) is 0 Å². The summed E-state index contributed by atoms with van der Waals surface area (Å²) in [5, 5.41) is 8.67. The Bertz CT molecular complexity index is 200. The molecule has 0 spiro atoms. The molecule has 0 saturated heterocycles. The fourth-order valence-electron chi connectivity index (χ4n) is 2.60. The second-order valence-corrected chi connectivity index (χ2v) is 5.00. The lowest BCUT2D eigenvalue weighted by atomic mass is 9.81. The monoisotopic (exact) mass is 213 g/mol. The number of carboxylic acid groups (broad SMARTS) is 1. The smallest absolute Gasteiger partial charge is 0.303 e. The molecule has 1 saturated carbocycles. The topological polar surface area (TPSA) is 63.3 Å². The minimum Gasteiger partial charge on any atom is -0.481 e. The lowest BCUT2D eigenvalue weighted by molar-refractivity contribution is -0.138. The van der Waals surface area contributed by atoms with Gasteiger partial charge in [0.2, 0.25) is 0 Å². The molecule has 0 heterocycles. The fraction of sp³-hybridized carbons (Fsp3) is 0.917. The molecule has 15 heavy (non-hydrogen) atoms. The third-order valence-corrected chi connectivity index (χ3v) is 3.45. The number of nitrogens with two attached hydrogens (primary N) is 1. The lowest BCUT2D eigenvalue weighted by Gasteiger charge is -2.28. The highest BCUT2D eigenvalue weighted by atomic mass is 16.4. The number of hydrogen-bond donors (Lipinski definition) is 2. The van der Waals surface area contributed by atoms with Crippen LogP contribution in [0, 0.1) is 11.8 Å². The SMILES string of the molecule is C[C@@H](CC(=O)O)C[C@H](N)C1CCCCC1. The van der Waals surface area contributed by atoms with E-state index >= 15 is 0 Å². The number of hydrogen-bond acceptors (Lipinski definition) is 2. The van der Waals surface area contributed by atoms with Gasteiger partial charge in [-0.1, -0.05) is 26.2 Å². The number of aliphatic carboxylic acids is 1. The van der Waals surface area contributed by atoms with Gasteiger partial charge in [-0.3, -0.25) is 4.79 Å². The van der Waals surface area contributed by atoms with E-state index in [4.69, 9.17) is 10.8 Å². The van der Waals surface area contributed by atoms with Gasteiger partial charge in [-0.25, -0.2) is 0 Å². The molecule has 0 radical (unpaired) electrons. The summed E-state index contributed by atoms with van der Waals surface area (Å²) in [4.78, 5) is 10.5. The quantitative estimate of drug-likeness (QED) is 0.737. The van der Waals surface area contributed by atoms with Gasteiger partial charge in [-0.05, 0) is 31.1 Å². The zero-order chi connectivity index (χ0) is 11.3. The van der Waals surface area contributed by atoms with Crippen LogP contribution in [0.3, 0.4) is 0 Å². The summed E-state index contributed by atoms with van der Waals surface area (Å²) < 4.78 is 0. The van der Waals surface area contributed by atoms with Gasteiger partial charge in [0.1, 0.15) is 0 Å². The molecule has 0 aromatic heterocycles. The summed E-state index contributed by atoms with van der Waals surface area (Å²) in [7, 11) is 0. The van der Waals surface area contributed by atoms with E-state index < -0.39 is 5.97 Å². The van der Waals surface area contributed by atoms with Crippen LogP contribution in [0.15, 0.2) is 0 Å². The molecule has 3 N–H and O–H groups in total.